The number of hydrogen-bond acceptors (Lipinski definition) is 5. The third-order valence-electron chi connectivity index (χ3n) is 3.48. The Bertz CT molecular complexity index is 847. The molecule has 0 spiro atoms. The summed E-state index contributed by atoms with van der Waals surface area (Å²) in [4.78, 5) is 21.3. The van der Waals surface area contributed by atoms with Crippen LogP contribution in [0, 0.1) is 0 Å². The Balaban J connectivity index is 2.14. The van der Waals surface area contributed by atoms with Crippen LogP contribution in [-0.4, -0.2) is 14.5 Å². The summed E-state index contributed by atoms with van der Waals surface area (Å²) in [6, 6.07) is 5.33. The van der Waals surface area contributed by atoms with Crippen molar-refractivity contribution in [3.05, 3.63) is 41.0 Å². The van der Waals surface area contributed by atoms with Gasteiger partial charge in [-0.3, -0.25) is 9.36 Å². The van der Waals surface area contributed by atoms with E-state index in [0.717, 1.165) is 12.8 Å². The lowest BCUT2D eigenvalue weighted by atomic mass is 10.3. The number of nitrogens with zero attached hydrogens (tertiary/aromatic N) is 3. The molecule has 0 bridgehead atoms. The number of hydrogen-bond donors (Lipinski definition) is 1. The first-order valence-corrected chi connectivity index (χ1v) is 6.46. The molecular weight excluding hydrogens is 256 g/mol. The Hall–Kier alpha value is -2.63. The highest BCUT2D eigenvalue weighted by molar-refractivity contribution is 5.85. The van der Waals surface area contributed by atoms with Gasteiger partial charge in [-0.05, 0) is 31.0 Å². The van der Waals surface area contributed by atoms with Crippen LogP contribution in [0.25, 0.3) is 22.6 Å². The van der Waals surface area contributed by atoms with Crippen molar-refractivity contribution in [1.82, 2.24) is 14.5 Å². The fourth-order valence-corrected chi connectivity index (χ4v) is 2.36. The normalized spacial score (nSPS) is 14.8. The highest BCUT2D eigenvalue weighted by Crippen LogP contribution is 2.36. The van der Waals surface area contributed by atoms with E-state index in [9.17, 15) is 4.79 Å². The number of furan rings is 1. The van der Waals surface area contributed by atoms with Gasteiger partial charge in [0.2, 0.25) is 0 Å². The maximum absolute atomic E-state index is 12.6. The molecule has 4 rings (SSSR count). The summed E-state index contributed by atoms with van der Waals surface area (Å²) in [5, 5.41) is 0. The van der Waals surface area contributed by atoms with Gasteiger partial charge in [-0.1, -0.05) is 0 Å². The fourth-order valence-electron chi connectivity index (χ4n) is 2.36. The highest BCUT2D eigenvalue weighted by atomic mass is 16.3. The summed E-state index contributed by atoms with van der Waals surface area (Å²) in [7, 11) is 0. The molecule has 3 heterocycles. The Morgan fingerprint density at radius 3 is 2.90 bits per heavy atom. The minimum Gasteiger partial charge on any atom is -0.463 e. The maximum atomic E-state index is 12.6. The molecule has 20 heavy (non-hydrogen) atoms. The summed E-state index contributed by atoms with van der Waals surface area (Å²) >= 11 is 0. The Labute approximate surface area is 113 Å². The van der Waals surface area contributed by atoms with Crippen molar-refractivity contribution in [3.63, 3.8) is 0 Å². The number of anilines is 1. The molecule has 2 N–H and O–H groups in total. The van der Waals surface area contributed by atoms with Gasteiger partial charge in [-0.15, -0.1) is 0 Å². The minimum atomic E-state index is -0.173. The van der Waals surface area contributed by atoms with Crippen LogP contribution in [-0.2, 0) is 0 Å². The van der Waals surface area contributed by atoms with Crippen LogP contribution >= 0.6 is 0 Å². The second-order valence-electron chi connectivity index (χ2n) is 4.92. The van der Waals surface area contributed by atoms with E-state index in [1.807, 2.05) is 0 Å². The van der Waals surface area contributed by atoms with Crippen molar-refractivity contribution in [2.75, 3.05) is 5.73 Å². The van der Waals surface area contributed by atoms with E-state index in [1.54, 1.807) is 29.0 Å². The van der Waals surface area contributed by atoms with Gasteiger partial charge >= 0.3 is 0 Å². The Morgan fingerprint density at radius 1 is 1.35 bits per heavy atom. The van der Waals surface area contributed by atoms with E-state index in [-0.39, 0.29) is 17.3 Å². The molecule has 0 saturated heterocycles. The number of fused-ring (bicyclic) bond motifs is 1. The summed E-state index contributed by atoms with van der Waals surface area (Å²) in [6.07, 6.45) is 5.08. The molecule has 1 aliphatic rings. The van der Waals surface area contributed by atoms with Crippen molar-refractivity contribution >= 4 is 16.9 Å². The van der Waals surface area contributed by atoms with E-state index in [0.29, 0.717) is 22.6 Å². The molecule has 0 atom stereocenters. The van der Waals surface area contributed by atoms with Crippen molar-refractivity contribution in [3.8, 4) is 11.5 Å². The van der Waals surface area contributed by atoms with Crippen molar-refractivity contribution in [1.29, 1.82) is 0 Å². The average Bonchev–Trinajstić information content (AvgIpc) is 3.13. The molecule has 0 unspecified atom stereocenters. The molecule has 0 aromatic carbocycles. The van der Waals surface area contributed by atoms with E-state index in [2.05, 4.69) is 9.97 Å². The molecule has 0 radical (unpaired) electrons. The Kier molecular flexibility index (Phi) is 2.20. The fraction of sp³-hybridized carbons (Fsp3) is 0.214. The molecule has 0 aliphatic heterocycles. The van der Waals surface area contributed by atoms with Crippen LogP contribution in [0.2, 0.25) is 0 Å². The van der Waals surface area contributed by atoms with Gasteiger partial charge in [0.05, 0.1) is 12.0 Å². The number of aromatic nitrogens is 3. The average molecular weight is 268 g/mol. The van der Waals surface area contributed by atoms with E-state index >= 15 is 0 Å². The van der Waals surface area contributed by atoms with E-state index in [1.165, 1.54) is 6.26 Å². The van der Waals surface area contributed by atoms with Crippen molar-refractivity contribution in [2.24, 2.45) is 0 Å². The molecule has 3 aromatic heterocycles. The molecule has 100 valence electrons. The number of nitrogens with two attached hydrogens (primary N) is 1. The SMILES string of the molecule is Nc1ccnc2c1nc(-c1ccco1)c(=O)n2C1CC1. The molecule has 6 nitrogen and oxygen atoms in total. The predicted octanol–water partition coefficient (Wildman–Crippen LogP) is 1.97. The molecule has 3 aromatic rings. The second kappa shape index (κ2) is 3.93. The summed E-state index contributed by atoms with van der Waals surface area (Å²) in [6.45, 7) is 0. The van der Waals surface area contributed by atoms with Gasteiger partial charge in [0.15, 0.2) is 17.1 Å². The highest BCUT2D eigenvalue weighted by Gasteiger charge is 2.29. The quantitative estimate of drug-likeness (QED) is 0.767. The molecule has 6 heteroatoms. The number of rotatable bonds is 2. The lowest BCUT2D eigenvalue weighted by Crippen LogP contribution is -2.23. The standard InChI is InChI=1S/C14H12N4O2/c15-9-5-6-16-13-11(9)17-12(10-2-1-7-20-10)14(19)18(13)8-3-4-8/h1-2,5-8H,3-4H2,(H2,15,16). The third kappa shape index (κ3) is 1.54. The summed E-state index contributed by atoms with van der Waals surface area (Å²) in [5.41, 5.74) is 7.69. The molecule has 1 fully saturated rings. The van der Waals surface area contributed by atoms with Crippen LogP contribution in [0.4, 0.5) is 5.69 Å². The lowest BCUT2D eigenvalue weighted by Gasteiger charge is -2.10. The van der Waals surface area contributed by atoms with Crippen LogP contribution in [0.3, 0.4) is 0 Å². The zero-order chi connectivity index (χ0) is 13.7. The largest absolute Gasteiger partial charge is 0.463 e. The Morgan fingerprint density at radius 2 is 2.20 bits per heavy atom. The smallest absolute Gasteiger partial charge is 0.282 e. The third-order valence-corrected chi connectivity index (χ3v) is 3.48. The zero-order valence-electron chi connectivity index (χ0n) is 10.6. The predicted molar refractivity (Wildman–Crippen MR) is 74.2 cm³/mol. The van der Waals surface area contributed by atoms with E-state index in [4.69, 9.17) is 10.2 Å². The van der Waals surface area contributed by atoms with Gasteiger partial charge < -0.3 is 10.2 Å². The number of nitrogen functional groups attached to an aromatic ring is 1. The molecule has 1 saturated carbocycles. The van der Waals surface area contributed by atoms with Crippen molar-refractivity contribution < 1.29 is 4.42 Å². The zero-order valence-corrected chi connectivity index (χ0v) is 10.6. The van der Waals surface area contributed by atoms with Gasteiger partial charge in [-0.2, -0.15) is 0 Å². The van der Waals surface area contributed by atoms with Gasteiger partial charge in [0.1, 0.15) is 5.52 Å². The number of pyridine rings is 1. The van der Waals surface area contributed by atoms with Crippen LogP contribution < -0.4 is 11.3 Å². The van der Waals surface area contributed by atoms with Crippen LogP contribution in [0.15, 0.2) is 39.9 Å². The van der Waals surface area contributed by atoms with Gasteiger partial charge in [0, 0.05) is 12.2 Å². The monoisotopic (exact) mass is 268 g/mol. The van der Waals surface area contributed by atoms with Crippen molar-refractivity contribution in [2.45, 2.75) is 18.9 Å². The topological polar surface area (TPSA) is 86.9 Å². The maximum Gasteiger partial charge on any atom is 0.282 e. The van der Waals surface area contributed by atoms with Crippen LogP contribution in [0.5, 0.6) is 0 Å². The van der Waals surface area contributed by atoms with Gasteiger partial charge in [-0.25, -0.2) is 9.97 Å². The van der Waals surface area contributed by atoms with Gasteiger partial charge in [0.25, 0.3) is 5.56 Å². The summed E-state index contributed by atoms with van der Waals surface area (Å²) in [5.74, 6) is 0.453. The summed E-state index contributed by atoms with van der Waals surface area (Å²) < 4.78 is 7.00. The molecule has 0 amide bonds. The first-order valence-electron chi connectivity index (χ1n) is 6.46. The van der Waals surface area contributed by atoms with E-state index < -0.39 is 0 Å². The minimum absolute atomic E-state index is 0.173. The van der Waals surface area contributed by atoms with Crippen LogP contribution in [0.1, 0.15) is 18.9 Å². The molecular formula is C14H12N4O2. The first-order chi connectivity index (χ1) is 9.75. The molecule has 1 aliphatic carbocycles. The lowest BCUT2D eigenvalue weighted by molar-refractivity contribution is 0.577. The second-order valence-corrected chi connectivity index (χ2v) is 4.92. The first kappa shape index (κ1) is 11.2.